The minimum Gasteiger partial charge on any atom is -0.389 e. The first-order chi connectivity index (χ1) is 4.34. The van der Waals surface area contributed by atoms with Crippen molar-refractivity contribution in [3.63, 3.8) is 0 Å². The molecule has 0 bridgehead atoms. The zero-order valence-electron chi connectivity index (χ0n) is 5.88. The van der Waals surface area contributed by atoms with Crippen LogP contribution in [-0.4, -0.2) is 11.2 Å². The smallest absolute Gasteiger partial charge is 0.0749 e. The number of allylic oxidation sites excluding steroid dienone is 1. The second-order valence-electron chi connectivity index (χ2n) is 2.66. The van der Waals surface area contributed by atoms with Crippen LogP contribution in [0.3, 0.4) is 0 Å². The van der Waals surface area contributed by atoms with Crippen LogP contribution in [0.5, 0.6) is 0 Å². The fourth-order valence-corrected chi connectivity index (χ4v) is 0.870. The van der Waals surface area contributed by atoms with Crippen LogP contribution in [0, 0.1) is 5.92 Å². The predicted molar refractivity (Wildman–Crippen MR) is 38.2 cm³/mol. The second-order valence-corrected chi connectivity index (χ2v) is 2.66. The van der Waals surface area contributed by atoms with E-state index in [0.717, 1.165) is 6.42 Å². The van der Waals surface area contributed by atoms with E-state index in [9.17, 15) is 5.11 Å². The van der Waals surface area contributed by atoms with Crippen molar-refractivity contribution in [2.75, 3.05) is 0 Å². The summed E-state index contributed by atoms with van der Waals surface area (Å²) in [4.78, 5) is 0. The fourth-order valence-electron chi connectivity index (χ4n) is 0.870. The molecule has 0 saturated heterocycles. The lowest BCUT2D eigenvalue weighted by Gasteiger charge is -1.99. The van der Waals surface area contributed by atoms with E-state index in [2.05, 4.69) is 6.92 Å². The summed E-state index contributed by atoms with van der Waals surface area (Å²) in [7, 11) is 0. The highest BCUT2D eigenvalue weighted by atomic mass is 16.3. The van der Waals surface area contributed by atoms with Gasteiger partial charge in [-0.25, -0.2) is 0 Å². The van der Waals surface area contributed by atoms with Gasteiger partial charge in [0.1, 0.15) is 0 Å². The Morgan fingerprint density at radius 2 is 2.33 bits per heavy atom. The summed E-state index contributed by atoms with van der Waals surface area (Å²) in [5.74, 6) is 0.591. The van der Waals surface area contributed by atoms with Crippen LogP contribution in [0.4, 0.5) is 0 Å². The van der Waals surface area contributed by atoms with Gasteiger partial charge in [-0.15, -0.1) is 0 Å². The van der Waals surface area contributed by atoms with Crippen LogP contribution < -0.4 is 0 Å². The van der Waals surface area contributed by atoms with Crippen molar-refractivity contribution in [2.45, 2.75) is 32.3 Å². The lowest BCUT2D eigenvalue weighted by molar-refractivity contribution is 0.199. The highest BCUT2D eigenvalue weighted by Gasteiger charge is 2.27. The Bertz CT molecular complexity index is 103. The zero-order valence-corrected chi connectivity index (χ0v) is 5.88. The largest absolute Gasteiger partial charge is 0.389 e. The summed E-state index contributed by atoms with van der Waals surface area (Å²) in [5.41, 5.74) is 0. The molecule has 0 aliphatic heterocycles. The number of rotatable bonds is 3. The SMILES string of the molecule is CC/C=C/C(O)C1CC1. The molecular weight excluding hydrogens is 112 g/mol. The van der Waals surface area contributed by atoms with Gasteiger partial charge in [-0.3, -0.25) is 0 Å². The maximum atomic E-state index is 9.23. The Hall–Kier alpha value is -0.300. The zero-order chi connectivity index (χ0) is 6.69. The Labute approximate surface area is 56.4 Å². The standard InChI is InChI=1S/C8H14O/c1-2-3-4-8(9)7-5-6-7/h3-4,7-9H,2,5-6H2,1H3/b4-3+. The molecule has 9 heavy (non-hydrogen) atoms. The molecule has 1 nitrogen and oxygen atoms in total. The Kier molecular flexibility index (Phi) is 2.29. The van der Waals surface area contributed by atoms with Gasteiger partial charge in [0, 0.05) is 0 Å². The third-order valence-electron chi connectivity index (χ3n) is 1.67. The third kappa shape index (κ3) is 2.19. The van der Waals surface area contributed by atoms with Crippen LogP contribution in [-0.2, 0) is 0 Å². The van der Waals surface area contributed by atoms with E-state index in [1.54, 1.807) is 0 Å². The monoisotopic (exact) mass is 126 g/mol. The molecule has 1 aliphatic carbocycles. The van der Waals surface area contributed by atoms with Crippen molar-refractivity contribution in [3.8, 4) is 0 Å². The van der Waals surface area contributed by atoms with E-state index in [1.165, 1.54) is 12.8 Å². The van der Waals surface area contributed by atoms with Gasteiger partial charge in [-0.2, -0.15) is 0 Å². The van der Waals surface area contributed by atoms with Crippen molar-refractivity contribution in [1.29, 1.82) is 0 Å². The molecule has 0 spiro atoms. The molecule has 0 heterocycles. The lowest BCUT2D eigenvalue weighted by atomic mass is 10.2. The van der Waals surface area contributed by atoms with Crippen molar-refractivity contribution >= 4 is 0 Å². The molecule has 0 amide bonds. The van der Waals surface area contributed by atoms with E-state index in [1.807, 2.05) is 12.2 Å². The Balaban J connectivity index is 2.16. The highest BCUT2D eigenvalue weighted by molar-refractivity contribution is 4.96. The topological polar surface area (TPSA) is 20.2 Å². The molecule has 1 atom stereocenters. The molecule has 1 N–H and O–H groups in total. The summed E-state index contributed by atoms with van der Waals surface area (Å²) in [6.07, 6.45) is 7.26. The van der Waals surface area contributed by atoms with Crippen molar-refractivity contribution in [3.05, 3.63) is 12.2 Å². The maximum Gasteiger partial charge on any atom is 0.0749 e. The van der Waals surface area contributed by atoms with Gasteiger partial charge in [-0.1, -0.05) is 19.1 Å². The average molecular weight is 126 g/mol. The van der Waals surface area contributed by atoms with E-state index < -0.39 is 0 Å². The Morgan fingerprint density at radius 1 is 1.67 bits per heavy atom. The van der Waals surface area contributed by atoms with E-state index >= 15 is 0 Å². The lowest BCUT2D eigenvalue weighted by Crippen LogP contribution is -2.03. The first kappa shape index (κ1) is 6.81. The summed E-state index contributed by atoms with van der Waals surface area (Å²) in [6, 6.07) is 0. The van der Waals surface area contributed by atoms with Crippen molar-refractivity contribution < 1.29 is 5.11 Å². The number of hydrogen-bond acceptors (Lipinski definition) is 1. The molecule has 0 aromatic rings. The van der Waals surface area contributed by atoms with Crippen LogP contribution in [0.1, 0.15) is 26.2 Å². The second kappa shape index (κ2) is 3.02. The fraction of sp³-hybridized carbons (Fsp3) is 0.750. The van der Waals surface area contributed by atoms with E-state index in [4.69, 9.17) is 0 Å². The molecule has 1 heteroatoms. The minimum absolute atomic E-state index is 0.148. The number of hydrogen-bond donors (Lipinski definition) is 1. The van der Waals surface area contributed by atoms with E-state index in [0.29, 0.717) is 5.92 Å². The van der Waals surface area contributed by atoms with E-state index in [-0.39, 0.29) is 6.10 Å². The van der Waals surface area contributed by atoms with Crippen LogP contribution >= 0.6 is 0 Å². The van der Waals surface area contributed by atoms with Crippen LogP contribution in [0.2, 0.25) is 0 Å². The van der Waals surface area contributed by atoms with Crippen molar-refractivity contribution in [2.24, 2.45) is 5.92 Å². The van der Waals surface area contributed by atoms with Gasteiger partial charge in [0.15, 0.2) is 0 Å². The number of aliphatic hydroxyl groups excluding tert-OH is 1. The summed E-state index contributed by atoms with van der Waals surface area (Å²) >= 11 is 0. The molecule has 0 aromatic heterocycles. The molecule has 1 rings (SSSR count). The molecule has 0 radical (unpaired) electrons. The minimum atomic E-state index is -0.148. The predicted octanol–water partition coefficient (Wildman–Crippen LogP) is 1.72. The summed E-state index contributed by atoms with van der Waals surface area (Å²) in [5, 5.41) is 9.23. The summed E-state index contributed by atoms with van der Waals surface area (Å²) < 4.78 is 0. The van der Waals surface area contributed by atoms with Crippen LogP contribution in [0.25, 0.3) is 0 Å². The molecule has 0 aromatic carbocycles. The average Bonchev–Trinajstić information content (AvgIpc) is 2.63. The molecule has 1 fully saturated rings. The molecule has 1 unspecified atom stereocenters. The molecule has 52 valence electrons. The molecular formula is C8H14O. The van der Waals surface area contributed by atoms with Gasteiger partial charge < -0.3 is 5.11 Å². The highest BCUT2D eigenvalue weighted by Crippen LogP contribution is 2.32. The number of aliphatic hydroxyl groups is 1. The van der Waals surface area contributed by atoms with Crippen LogP contribution in [0.15, 0.2) is 12.2 Å². The van der Waals surface area contributed by atoms with Gasteiger partial charge in [0.2, 0.25) is 0 Å². The molecule has 1 aliphatic rings. The molecule has 1 saturated carbocycles. The maximum absolute atomic E-state index is 9.23. The third-order valence-corrected chi connectivity index (χ3v) is 1.67. The first-order valence-corrected chi connectivity index (χ1v) is 3.69. The quantitative estimate of drug-likeness (QED) is 0.571. The Morgan fingerprint density at radius 3 is 2.78 bits per heavy atom. The van der Waals surface area contributed by atoms with Gasteiger partial charge >= 0.3 is 0 Å². The van der Waals surface area contributed by atoms with Gasteiger partial charge in [-0.05, 0) is 25.2 Å². The van der Waals surface area contributed by atoms with Gasteiger partial charge in [0.05, 0.1) is 6.10 Å². The van der Waals surface area contributed by atoms with Crippen molar-refractivity contribution in [1.82, 2.24) is 0 Å². The van der Waals surface area contributed by atoms with Gasteiger partial charge in [0.25, 0.3) is 0 Å². The normalized spacial score (nSPS) is 22.9. The summed E-state index contributed by atoms with van der Waals surface area (Å²) in [6.45, 7) is 2.08. The first-order valence-electron chi connectivity index (χ1n) is 3.69.